The number of esters is 1. The normalized spacial score (nSPS) is 54.7. The van der Waals surface area contributed by atoms with E-state index in [1.54, 1.807) is 0 Å². The Morgan fingerprint density at radius 2 is 0.903 bits per heavy atom. The molecule has 8 heterocycles. The molecule has 4 saturated carbocycles. The maximum absolute atomic E-state index is 16.0. The summed E-state index contributed by atoms with van der Waals surface area (Å²) in [5.41, 5.74) is -3.56. The van der Waals surface area contributed by atoms with Crippen LogP contribution in [0.1, 0.15) is 113 Å². The van der Waals surface area contributed by atoms with Crippen LogP contribution in [0.15, 0.2) is 11.6 Å². The van der Waals surface area contributed by atoms with Crippen molar-refractivity contribution in [3.63, 3.8) is 0 Å². The Labute approximate surface area is 651 Å². The molecule has 0 aromatic carbocycles. The smallest absolute Gasteiger partial charge is 0.317 e. The lowest BCUT2D eigenvalue weighted by atomic mass is 9.33. The standard InChI is InChI=1S/C74H120O39/c1-26-55(108-62-54(96)56(32(80)24-100-62)109-60-49(91)40(82)29(77)21-98-60)53(95)59(111-64-52(94)46(88)43(85)33(19-75)104-64)66(103-26)112-58-48(90)44(86)34(20-76)105-67(58)113-68(97)74-16-15-69(2,3)17-28(74)27-9-10-37-71(6)13-12-39(70(4,5)36(71)11-14-72(37,7)73(27,8)18-38(74)81)107-63-51(93)47(89)45(87)35(106-63)25-102-65-57(42(84)31(79)23-101-65)110-61-50(92)41(83)30(78)22-99-61/h9,26,28-67,75-96H,10-25H2,1-8H3/t26-,28-,29+,30+,31-,32+,33+,34+,35+,36?,37?,38+,39-,40-,41-,42-,43+,44+,45+,46-,47-,48-,49+,50+,51+,52+,53+,54+,55-,56-,57+,58+,59+,60-,61-,62-,63-,64-,65-,66-,67-,71-,72+,73+,74+/m0/s1. The summed E-state index contributed by atoms with van der Waals surface area (Å²) in [6.07, 6.45) is -59.7. The number of allylic oxidation sites excluding steroid dienone is 2. The molecule has 0 spiro atoms. The van der Waals surface area contributed by atoms with Crippen molar-refractivity contribution in [1.82, 2.24) is 0 Å². The second kappa shape index (κ2) is 33.9. The zero-order chi connectivity index (χ0) is 82.2. The van der Waals surface area contributed by atoms with Crippen molar-refractivity contribution in [2.45, 2.75) is 347 Å². The van der Waals surface area contributed by atoms with Crippen LogP contribution in [-0.2, 0) is 80.6 Å². The lowest BCUT2D eigenvalue weighted by molar-refractivity contribution is -0.401. The first-order valence-corrected chi connectivity index (χ1v) is 39.5. The van der Waals surface area contributed by atoms with E-state index < -0.39 is 324 Å². The van der Waals surface area contributed by atoms with E-state index in [0.717, 1.165) is 5.57 Å². The highest BCUT2D eigenvalue weighted by molar-refractivity contribution is 5.80. The van der Waals surface area contributed by atoms with Crippen LogP contribution in [0.2, 0.25) is 0 Å². The molecular weight excluding hydrogens is 1510 g/mol. The van der Waals surface area contributed by atoms with Crippen LogP contribution in [0.4, 0.5) is 0 Å². The minimum absolute atomic E-state index is 0.0325. The maximum atomic E-state index is 16.0. The van der Waals surface area contributed by atoms with E-state index in [-0.39, 0.29) is 24.7 Å². The number of fused-ring (bicyclic) bond motifs is 7. The summed E-state index contributed by atoms with van der Waals surface area (Å²) in [6.45, 7) is 12.0. The second-order valence-electron chi connectivity index (χ2n) is 35.8. The predicted octanol–water partition coefficient (Wildman–Crippen LogP) is -8.18. The number of rotatable bonds is 19. The van der Waals surface area contributed by atoms with Crippen molar-refractivity contribution in [2.24, 2.45) is 50.2 Å². The van der Waals surface area contributed by atoms with E-state index in [1.807, 2.05) is 0 Å². The van der Waals surface area contributed by atoms with Gasteiger partial charge in [-0.25, -0.2) is 0 Å². The Morgan fingerprint density at radius 3 is 1.51 bits per heavy atom. The molecule has 22 N–H and O–H groups in total. The van der Waals surface area contributed by atoms with Crippen molar-refractivity contribution in [1.29, 1.82) is 0 Å². The molecule has 12 fully saturated rings. The van der Waals surface area contributed by atoms with Crippen LogP contribution >= 0.6 is 0 Å². The number of hydrogen-bond acceptors (Lipinski definition) is 39. The molecule has 13 rings (SSSR count). The fourth-order valence-electron chi connectivity index (χ4n) is 21.3. The first-order valence-electron chi connectivity index (χ1n) is 39.5. The van der Waals surface area contributed by atoms with Crippen molar-refractivity contribution < 1.29 is 193 Å². The average Bonchev–Trinajstić information content (AvgIpc) is 0.669. The van der Waals surface area contributed by atoms with Crippen LogP contribution < -0.4 is 0 Å². The van der Waals surface area contributed by atoms with Gasteiger partial charge >= 0.3 is 5.97 Å². The second-order valence-corrected chi connectivity index (χ2v) is 35.8. The number of aliphatic hydroxyl groups is 22. The highest BCUT2D eigenvalue weighted by Crippen LogP contribution is 2.76. The number of aliphatic hydroxyl groups excluding tert-OH is 22. The number of hydrogen-bond donors (Lipinski definition) is 22. The third kappa shape index (κ3) is 15.8. The molecule has 8 aliphatic heterocycles. The van der Waals surface area contributed by atoms with E-state index in [9.17, 15) is 112 Å². The topological polar surface area (TPSA) is 610 Å². The summed E-state index contributed by atoms with van der Waals surface area (Å²) in [6, 6.07) is 0. The molecule has 0 radical (unpaired) electrons. The summed E-state index contributed by atoms with van der Waals surface area (Å²) >= 11 is 0. The first-order chi connectivity index (χ1) is 53.1. The van der Waals surface area contributed by atoms with Gasteiger partial charge in [-0.3, -0.25) is 4.79 Å². The Morgan fingerprint density at radius 1 is 0.425 bits per heavy atom. The highest BCUT2D eigenvalue weighted by atomic mass is 16.8. The highest BCUT2D eigenvalue weighted by Gasteiger charge is 2.73. The number of ether oxygens (including phenoxy) is 16. The SMILES string of the molecule is C[C@@H]1O[C@@H](O[C@H]2[C@H](OC(=O)[C@]34CCC(C)(C)C[C@H]3C3=CCC5[C@@]6(C)CC[C@H](O[C@@H]7O[C@H](CO[C@@H]8OC[C@H](O)[C@H](O)[C@H]8O[C@@H]8OC[C@@H](O)[C@H](O)[C@H]8O)[C@@H](O)[C@H](O)[C@H]7O)C(C)(C)C6CC[C@@]5(C)[C@]3(C)C[C@H]4O)O[C@H](CO)[C@@H](O)[C@@H]2O)[C@H](O[C@@H]2O[C@H](CO)[C@@H](O)[C@H](O)[C@H]2O)[C@H](O)[C@H]1O[C@@H]1OC[C@@H](O)[C@H](O[C@@H]2OC[C@@H](O)[C@H](O)[C@H]2O)[C@H]1O. The van der Waals surface area contributed by atoms with Gasteiger partial charge in [0.05, 0.1) is 64.6 Å². The quantitative estimate of drug-likeness (QED) is 0.0324. The zero-order valence-corrected chi connectivity index (χ0v) is 64.3. The fourth-order valence-corrected chi connectivity index (χ4v) is 21.3. The summed E-state index contributed by atoms with van der Waals surface area (Å²) in [7, 11) is 0. The molecule has 0 aromatic heterocycles. The van der Waals surface area contributed by atoms with Crippen LogP contribution in [0.5, 0.6) is 0 Å². The lowest BCUT2D eigenvalue weighted by Gasteiger charge is -2.71. The van der Waals surface area contributed by atoms with Crippen LogP contribution in [0.3, 0.4) is 0 Å². The van der Waals surface area contributed by atoms with Crippen molar-refractivity contribution >= 4 is 5.97 Å². The summed E-state index contributed by atoms with van der Waals surface area (Å²) in [5, 5.41) is 244. The van der Waals surface area contributed by atoms with Crippen molar-refractivity contribution in [3.8, 4) is 0 Å². The molecule has 45 atom stereocenters. The molecule has 13 aliphatic rings. The van der Waals surface area contributed by atoms with Gasteiger partial charge in [-0.1, -0.05) is 60.1 Å². The summed E-state index contributed by atoms with van der Waals surface area (Å²) in [4.78, 5) is 16.0. The largest absolute Gasteiger partial charge is 0.432 e. The van der Waals surface area contributed by atoms with E-state index in [4.69, 9.17) is 75.8 Å². The first kappa shape index (κ1) is 88.5. The molecule has 5 aliphatic carbocycles. The predicted molar refractivity (Wildman–Crippen MR) is 369 cm³/mol. The van der Waals surface area contributed by atoms with Crippen LogP contribution in [0, 0.1) is 50.2 Å². The van der Waals surface area contributed by atoms with E-state index >= 15 is 4.79 Å². The van der Waals surface area contributed by atoms with Crippen molar-refractivity contribution in [3.05, 3.63) is 11.6 Å². The Bertz CT molecular complexity index is 3230. The van der Waals surface area contributed by atoms with E-state index in [2.05, 4.69) is 54.5 Å². The van der Waals surface area contributed by atoms with Gasteiger partial charge in [-0.2, -0.15) is 0 Å². The van der Waals surface area contributed by atoms with Gasteiger partial charge in [-0.05, 0) is 110 Å². The fraction of sp³-hybridized carbons (Fsp3) is 0.959. The minimum atomic E-state index is -2.14. The minimum Gasteiger partial charge on any atom is -0.432 e. The molecule has 39 nitrogen and oxygen atoms in total. The van der Waals surface area contributed by atoms with Gasteiger partial charge in [-0.15, -0.1) is 0 Å². The zero-order valence-electron chi connectivity index (χ0n) is 64.3. The van der Waals surface area contributed by atoms with Gasteiger partial charge in [0, 0.05) is 0 Å². The van der Waals surface area contributed by atoms with Crippen molar-refractivity contribution in [2.75, 3.05) is 46.2 Å². The molecule has 0 amide bonds. The van der Waals surface area contributed by atoms with Gasteiger partial charge in [0.25, 0.3) is 0 Å². The Balaban J connectivity index is 0.726. The third-order valence-electron chi connectivity index (χ3n) is 28.3. The maximum Gasteiger partial charge on any atom is 0.317 e. The molecule has 39 heteroatoms. The molecule has 113 heavy (non-hydrogen) atoms. The van der Waals surface area contributed by atoms with E-state index in [1.165, 1.54) is 6.92 Å². The van der Waals surface area contributed by atoms with Crippen LogP contribution in [0.25, 0.3) is 0 Å². The summed E-state index contributed by atoms with van der Waals surface area (Å²) < 4.78 is 95.9. The monoisotopic (exact) mass is 1630 g/mol. The molecule has 2 unspecified atom stereocenters. The van der Waals surface area contributed by atoms with Gasteiger partial charge in [0.15, 0.2) is 50.1 Å². The molecule has 0 aromatic rings. The molecular formula is C74H120O39. The van der Waals surface area contributed by atoms with Crippen LogP contribution in [-0.4, -0.2) is 398 Å². The molecule has 0 bridgehead atoms. The lowest BCUT2D eigenvalue weighted by Crippen LogP contribution is -2.69. The average molecular weight is 1630 g/mol. The van der Waals surface area contributed by atoms with Gasteiger partial charge in [0.1, 0.15) is 164 Å². The molecule has 8 saturated heterocycles. The molecule has 650 valence electrons. The van der Waals surface area contributed by atoms with E-state index in [0.29, 0.717) is 44.9 Å². The number of carbonyl (C=O) groups excluding carboxylic acids is 1. The Hall–Kier alpha value is -2.27. The third-order valence-corrected chi connectivity index (χ3v) is 28.3. The summed E-state index contributed by atoms with van der Waals surface area (Å²) in [5.74, 6) is -1.74. The number of carbonyl (C=O) groups is 1. The van der Waals surface area contributed by atoms with Gasteiger partial charge in [0.2, 0.25) is 6.29 Å². The van der Waals surface area contributed by atoms with Gasteiger partial charge < -0.3 is 188 Å². The Kier molecular flexibility index (Phi) is 26.5.